The quantitative estimate of drug-likeness (QED) is 0.784. The lowest BCUT2D eigenvalue weighted by atomic mass is 9.86. The Balaban J connectivity index is 2.16. The van der Waals surface area contributed by atoms with Gasteiger partial charge < -0.3 is 5.32 Å². The molecule has 0 bridgehead atoms. The fourth-order valence-electron chi connectivity index (χ4n) is 3.62. The van der Waals surface area contributed by atoms with E-state index in [1.54, 1.807) is 0 Å². The van der Waals surface area contributed by atoms with Crippen LogP contribution in [-0.2, 0) is 19.4 Å². The van der Waals surface area contributed by atoms with Crippen molar-refractivity contribution in [2.24, 2.45) is 11.8 Å². The Kier molecular flexibility index (Phi) is 6.56. The number of hydrogen-bond donors (Lipinski definition) is 1. The van der Waals surface area contributed by atoms with Gasteiger partial charge in [-0.15, -0.1) is 0 Å². The van der Waals surface area contributed by atoms with Crippen molar-refractivity contribution in [3.8, 4) is 0 Å². The van der Waals surface area contributed by atoms with Crippen molar-refractivity contribution in [2.45, 2.75) is 65.8 Å². The Morgan fingerprint density at radius 2 is 2.00 bits per heavy atom. The lowest BCUT2D eigenvalue weighted by molar-refractivity contribution is 0.316. The van der Waals surface area contributed by atoms with Crippen LogP contribution in [0.25, 0.3) is 0 Å². The normalized spacial score (nSPS) is 17.5. The molecule has 1 aromatic rings. The molecule has 21 heavy (non-hydrogen) atoms. The van der Waals surface area contributed by atoms with Gasteiger partial charge in [-0.25, -0.2) is 0 Å². The monoisotopic (exact) mass is 311 g/mol. The first kappa shape index (κ1) is 16.8. The van der Waals surface area contributed by atoms with Crippen molar-refractivity contribution in [2.75, 3.05) is 13.1 Å². The number of hydrogen-bond acceptors (Lipinski definition) is 2. The highest BCUT2D eigenvalue weighted by molar-refractivity contribution is 6.31. The Bertz CT molecular complexity index is 435. The molecule has 1 saturated carbocycles. The summed E-state index contributed by atoms with van der Waals surface area (Å²) in [5, 5.41) is 9.14. The highest BCUT2D eigenvalue weighted by atomic mass is 35.5. The second-order valence-corrected chi connectivity index (χ2v) is 6.57. The average molecular weight is 312 g/mol. The molecular weight excluding hydrogens is 282 g/mol. The van der Waals surface area contributed by atoms with Gasteiger partial charge in [0.25, 0.3) is 0 Å². The first-order valence-corrected chi connectivity index (χ1v) is 9.03. The van der Waals surface area contributed by atoms with E-state index in [1.807, 2.05) is 0 Å². The van der Waals surface area contributed by atoms with Gasteiger partial charge in [0.05, 0.1) is 16.4 Å². The summed E-state index contributed by atoms with van der Waals surface area (Å²) in [7, 11) is 0. The predicted octanol–water partition coefficient (Wildman–Crippen LogP) is 4.08. The molecular formula is C17H30ClN3. The molecule has 1 N–H and O–H groups in total. The summed E-state index contributed by atoms with van der Waals surface area (Å²) in [6, 6.07) is 0. The molecule has 2 rings (SSSR count). The molecule has 0 radical (unpaired) electrons. The third kappa shape index (κ3) is 4.01. The minimum Gasteiger partial charge on any atom is -0.317 e. The summed E-state index contributed by atoms with van der Waals surface area (Å²) in [5.74, 6) is 1.54. The Morgan fingerprint density at radius 3 is 2.57 bits per heavy atom. The smallest absolute Gasteiger partial charge is 0.0849 e. The van der Waals surface area contributed by atoms with Crippen molar-refractivity contribution < 1.29 is 0 Å². The molecule has 1 aliphatic rings. The molecule has 3 nitrogen and oxygen atoms in total. The molecule has 1 heterocycles. The van der Waals surface area contributed by atoms with Crippen LogP contribution in [0.3, 0.4) is 0 Å². The van der Waals surface area contributed by atoms with Gasteiger partial charge in [-0.3, -0.25) is 4.68 Å². The summed E-state index contributed by atoms with van der Waals surface area (Å²) in [6.07, 6.45) is 7.54. The van der Waals surface area contributed by atoms with Gasteiger partial charge in [0.15, 0.2) is 0 Å². The van der Waals surface area contributed by atoms with Gasteiger partial charge >= 0.3 is 0 Å². The van der Waals surface area contributed by atoms with Crippen molar-refractivity contribution in [3.63, 3.8) is 0 Å². The molecule has 4 heteroatoms. The molecule has 0 aromatic carbocycles. The lowest BCUT2D eigenvalue weighted by Crippen LogP contribution is -2.29. The van der Waals surface area contributed by atoms with E-state index in [9.17, 15) is 0 Å². The van der Waals surface area contributed by atoms with E-state index >= 15 is 0 Å². The highest BCUT2D eigenvalue weighted by Crippen LogP contribution is 2.34. The third-order valence-corrected chi connectivity index (χ3v) is 5.31. The van der Waals surface area contributed by atoms with Gasteiger partial charge in [0.1, 0.15) is 0 Å². The van der Waals surface area contributed by atoms with Crippen LogP contribution in [0.15, 0.2) is 0 Å². The van der Waals surface area contributed by atoms with Crippen molar-refractivity contribution in [3.05, 3.63) is 16.4 Å². The van der Waals surface area contributed by atoms with E-state index in [0.717, 1.165) is 49.1 Å². The SMILES string of the molecule is CCNCC(Cc1c(Cl)c(CC)nn1CC)C1CCCC1. The maximum atomic E-state index is 6.59. The van der Waals surface area contributed by atoms with Crippen LogP contribution in [0.5, 0.6) is 0 Å². The summed E-state index contributed by atoms with van der Waals surface area (Å²) in [4.78, 5) is 0. The molecule has 1 aromatic heterocycles. The van der Waals surface area contributed by atoms with E-state index in [4.69, 9.17) is 11.6 Å². The fourth-order valence-corrected chi connectivity index (χ4v) is 3.97. The summed E-state index contributed by atoms with van der Waals surface area (Å²) in [6.45, 7) is 9.53. The maximum absolute atomic E-state index is 6.59. The van der Waals surface area contributed by atoms with Crippen molar-refractivity contribution in [1.29, 1.82) is 0 Å². The van der Waals surface area contributed by atoms with Crippen LogP contribution >= 0.6 is 11.6 Å². The minimum atomic E-state index is 0.691. The molecule has 0 spiro atoms. The van der Waals surface area contributed by atoms with Crippen LogP contribution in [0, 0.1) is 11.8 Å². The van der Waals surface area contributed by atoms with Crippen LogP contribution in [0.4, 0.5) is 0 Å². The maximum Gasteiger partial charge on any atom is 0.0849 e. The van der Waals surface area contributed by atoms with E-state index < -0.39 is 0 Å². The predicted molar refractivity (Wildman–Crippen MR) is 90.0 cm³/mol. The molecule has 0 saturated heterocycles. The van der Waals surface area contributed by atoms with Gasteiger partial charge in [0, 0.05) is 6.54 Å². The number of nitrogens with zero attached hydrogens (tertiary/aromatic N) is 2. The second-order valence-electron chi connectivity index (χ2n) is 6.19. The van der Waals surface area contributed by atoms with Crippen LogP contribution in [0.1, 0.15) is 57.8 Å². The van der Waals surface area contributed by atoms with E-state index in [-0.39, 0.29) is 0 Å². The fraction of sp³-hybridized carbons (Fsp3) is 0.824. The molecule has 1 unspecified atom stereocenters. The molecule has 0 aliphatic heterocycles. The van der Waals surface area contributed by atoms with Crippen LogP contribution in [0.2, 0.25) is 5.02 Å². The lowest BCUT2D eigenvalue weighted by Gasteiger charge is -2.24. The van der Waals surface area contributed by atoms with Gasteiger partial charge in [-0.1, -0.05) is 51.1 Å². The minimum absolute atomic E-state index is 0.691. The number of aryl methyl sites for hydroxylation is 2. The zero-order chi connectivity index (χ0) is 15.2. The summed E-state index contributed by atoms with van der Waals surface area (Å²) < 4.78 is 2.12. The summed E-state index contributed by atoms with van der Waals surface area (Å²) >= 11 is 6.59. The molecule has 1 atom stereocenters. The molecule has 1 fully saturated rings. The first-order chi connectivity index (χ1) is 10.2. The number of aromatic nitrogens is 2. The largest absolute Gasteiger partial charge is 0.317 e. The zero-order valence-electron chi connectivity index (χ0n) is 13.8. The molecule has 0 amide bonds. The second kappa shape index (κ2) is 8.19. The van der Waals surface area contributed by atoms with E-state index in [2.05, 4.69) is 35.9 Å². The third-order valence-electron chi connectivity index (χ3n) is 4.87. The number of halogens is 1. The van der Waals surface area contributed by atoms with E-state index in [0.29, 0.717) is 5.92 Å². The highest BCUT2D eigenvalue weighted by Gasteiger charge is 2.27. The van der Waals surface area contributed by atoms with Gasteiger partial charge in [0.2, 0.25) is 0 Å². The number of rotatable bonds is 8. The molecule has 1 aliphatic carbocycles. The topological polar surface area (TPSA) is 29.9 Å². The standard InChI is InChI=1S/C17H30ClN3/c1-4-15-17(18)16(21(6-3)20-15)11-14(12-19-5-2)13-9-7-8-10-13/h13-14,19H,4-12H2,1-3H3. The first-order valence-electron chi connectivity index (χ1n) is 8.65. The van der Waals surface area contributed by atoms with Crippen molar-refractivity contribution >= 4 is 11.6 Å². The molecule has 120 valence electrons. The van der Waals surface area contributed by atoms with Crippen molar-refractivity contribution in [1.82, 2.24) is 15.1 Å². The van der Waals surface area contributed by atoms with E-state index in [1.165, 1.54) is 31.4 Å². The number of nitrogens with one attached hydrogen (secondary N) is 1. The Morgan fingerprint density at radius 1 is 1.29 bits per heavy atom. The zero-order valence-corrected chi connectivity index (χ0v) is 14.5. The Labute approximate surface area is 134 Å². The Hall–Kier alpha value is -0.540. The van der Waals surface area contributed by atoms with Crippen LogP contribution < -0.4 is 5.32 Å². The average Bonchev–Trinajstić information content (AvgIpc) is 3.12. The van der Waals surface area contributed by atoms with Gasteiger partial charge in [-0.2, -0.15) is 5.10 Å². The van der Waals surface area contributed by atoms with Crippen LogP contribution in [-0.4, -0.2) is 22.9 Å². The summed E-state index contributed by atoms with van der Waals surface area (Å²) in [5.41, 5.74) is 2.31. The van der Waals surface area contributed by atoms with Gasteiger partial charge in [-0.05, 0) is 44.7 Å².